The summed E-state index contributed by atoms with van der Waals surface area (Å²) in [4.78, 5) is 37.6. The molecule has 3 rings (SSSR count). The van der Waals surface area contributed by atoms with E-state index in [0.717, 1.165) is 28.8 Å². The molecule has 0 unspecified atom stereocenters. The molecule has 0 amide bonds. The number of aromatic carboxylic acids is 1. The van der Waals surface area contributed by atoms with E-state index in [9.17, 15) is 19.5 Å². The number of hydrogen-bond acceptors (Lipinski definition) is 10. The molecule has 2 aromatic heterocycles. The molecule has 0 bridgehead atoms. The van der Waals surface area contributed by atoms with E-state index in [4.69, 9.17) is 15.6 Å². The van der Waals surface area contributed by atoms with Gasteiger partial charge in [0.1, 0.15) is 5.60 Å². The van der Waals surface area contributed by atoms with Crippen molar-refractivity contribution in [1.29, 1.82) is 0 Å². The monoisotopic (exact) mass is 459 g/mol. The molecule has 2 heterocycles. The third-order valence-corrected chi connectivity index (χ3v) is 4.12. The number of methoxy groups -OCH3 is 1. The SMILES string of the molecule is COC(=O)c1cc(C(=O)O)nc2c(O)nnn12.Cc1cc(CN)ccc1C(=O)OC(C)(C)C. The number of ether oxygens (including phenoxy) is 2. The van der Waals surface area contributed by atoms with E-state index in [2.05, 4.69) is 20.0 Å². The molecule has 4 N–H and O–H groups in total. The summed E-state index contributed by atoms with van der Waals surface area (Å²) in [5, 5.41) is 24.8. The Morgan fingerprint density at radius 3 is 2.33 bits per heavy atom. The average molecular weight is 459 g/mol. The van der Waals surface area contributed by atoms with Crippen molar-refractivity contribution in [3.8, 4) is 5.88 Å². The second-order valence-electron chi connectivity index (χ2n) is 7.83. The standard InChI is InChI=1S/C13H19NO2.C8H6N4O5/c1-9-7-10(8-14)5-6-11(9)12(15)16-13(2,3)4;1-17-8(16)4-2-3(7(14)15)9-5-6(13)10-11-12(4)5/h5-7H,8,14H2,1-4H3;2,13H,1H3,(H,14,15). The number of nitrogens with two attached hydrogens (primary N) is 1. The highest BCUT2D eigenvalue weighted by molar-refractivity contribution is 5.93. The third-order valence-electron chi connectivity index (χ3n) is 4.12. The molecular formula is C21H25N5O7. The van der Waals surface area contributed by atoms with E-state index in [-0.39, 0.29) is 17.3 Å². The largest absolute Gasteiger partial charge is 0.489 e. The van der Waals surface area contributed by atoms with E-state index in [0.29, 0.717) is 12.1 Å². The van der Waals surface area contributed by atoms with Crippen LogP contribution in [0, 0.1) is 6.92 Å². The van der Waals surface area contributed by atoms with Crippen LogP contribution in [0.1, 0.15) is 63.2 Å². The summed E-state index contributed by atoms with van der Waals surface area (Å²) in [6.07, 6.45) is 0. The predicted molar refractivity (Wildman–Crippen MR) is 115 cm³/mol. The maximum atomic E-state index is 11.8. The highest BCUT2D eigenvalue weighted by Crippen LogP contribution is 2.17. The quantitative estimate of drug-likeness (QED) is 0.483. The fraction of sp³-hybridized carbons (Fsp3) is 0.333. The lowest BCUT2D eigenvalue weighted by molar-refractivity contribution is 0.00683. The molecule has 0 saturated heterocycles. The number of rotatable bonds is 4. The number of carboxylic acid groups (broad SMARTS) is 1. The van der Waals surface area contributed by atoms with Crippen molar-refractivity contribution in [1.82, 2.24) is 19.8 Å². The Balaban J connectivity index is 0.000000234. The maximum Gasteiger partial charge on any atom is 0.356 e. The summed E-state index contributed by atoms with van der Waals surface area (Å²) < 4.78 is 10.7. The first kappa shape index (κ1) is 25.2. The number of fused-ring (bicyclic) bond motifs is 1. The van der Waals surface area contributed by atoms with Crippen molar-refractivity contribution in [3.63, 3.8) is 0 Å². The molecular weight excluding hydrogens is 434 g/mol. The van der Waals surface area contributed by atoms with Gasteiger partial charge in [-0.05, 0) is 44.9 Å². The summed E-state index contributed by atoms with van der Waals surface area (Å²) in [5.74, 6) is -3.02. The maximum absolute atomic E-state index is 11.8. The number of aromatic nitrogens is 4. The minimum Gasteiger partial charge on any atom is -0.489 e. The molecule has 33 heavy (non-hydrogen) atoms. The summed E-state index contributed by atoms with van der Waals surface area (Å²) in [6.45, 7) is 7.94. The molecule has 0 aliphatic carbocycles. The lowest BCUT2D eigenvalue weighted by atomic mass is 10.0. The van der Waals surface area contributed by atoms with Gasteiger partial charge in [0.25, 0.3) is 5.88 Å². The summed E-state index contributed by atoms with van der Waals surface area (Å²) in [5.41, 5.74) is 6.75. The van der Waals surface area contributed by atoms with E-state index >= 15 is 0 Å². The Kier molecular flexibility index (Phi) is 7.67. The number of esters is 2. The van der Waals surface area contributed by atoms with Crippen LogP contribution in [0.5, 0.6) is 5.88 Å². The zero-order valence-electron chi connectivity index (χ0n) is 18.8. The summed E-state index contributed by atoms with van der Waals surface area (Å²) in [6, 6.07) is 6.52. The molecule has 3 aromatic rings. The van der Waals surface area contributed by atoms with Gasteiger partial charge in [0.2, 0.25) is 5.65 Å². The second kappa shape index (κ2) is 10.0. The van der Waals surface area contributed by atoms with Crippen LogP contribution in [0.2, 0.25) is 0 Å². The number of hydrogen-bond donors (Lipinski definition) is 3. The molecule has 0 fully saturated rings. The number of carboxylic acids is 1. The van der Waals surface area contributed by atoms with Gasteiger partial charge in [-0.25, -0.2) is 19.4 Å². The van der Waals surface area contributed by atoms with Crippen molar-refractivity contribution in [2.45, 2.75) is 39.8 Å². The van der Waals surface area contributed by atoms with Gasteiger partial charge in [-0.2, -0.15) is 4.52 Å². The van der Waals surface area contributed by atoms with Crippen molar-refractivity contribution < 1.29 is 34.1 Å². The van der Waals surface area contributed by atoms with Crippen LogP contribution in [0.4, 0.5) is 0 Å². The molecule has 0 saturated carbocycles. The van der Waals surface area contributed by atoms with Gasteiger partial charge in [0.05, 0.1) is 12.7 Å². The second-order valence-corrected chi connectivity index (χ2v) is 7.83. The summed E-state index contributed by atoms with van der Waals surface area (Å²) in [7, 11) is 1.13. The molecule has 12 nitrogen and oxygen atoms in total. The molecule has 0 atom stereocenters. The molecule has 176 valence electrons. The van der Waals surface area contributed by atoms with Crippen LogP contribution in [0.25, 0.3) is 5.65 Å². The highest BCUT2D eigenvalue weighted by atomic mass is 16.6. The molecule has 0 aliphatic heterocycles. The fourth-order valence-corrected chi connectivity index (χ4v) is 2.64. The predicted octanol–water partition coefficient (Wildman–Crippen LogP) is 1.72. The normalized spacial score (nSPS) is 10.8. The van der Waals surface area contributed by atoms with E-state index in [1.807, 2.05) is 39.8 Å². The van der Waals surface area contributed by atoms with Gasteiger partial charge in [-0.1, -0.05) is 22.4 Å². The summed E-state index contributed by atoms with van der Waals surface area (Å²) >= 11 is 0. The first-order chi connectivity index (χ1) is 15.4. The van der Waals surface area contributed by atoms with Gasteiger partial charge in [0.15, 0.2) is 11.4 Å². The van der Waals surface area contributed by atoms with Gasteiger partial charge in [0, 0.05) is 12.6 Å². The lowest BCUT2D eigenvalue weighted by Crippen LogP contribution is -2.24. The molecule has 0 aliphatic rings. The topological polar surface area (TPSA) is 179 Å². The van der Waals surface area contributed by atoms with Crippen LogP contribution in [0.15, 0.2) is 24.3 Å². The van der Waals surface area contributed by atoms with Crippen LogP contribution in [-0.2, 0) is 16.0 Å². The number of aryl methyl sites for hydroxylation is 1. The van der Waals surface area contributed by atoms with Crippen molar-refractivity contribution >= 4 is 23.6 Å². The van der Waals surface area contributed by atoms with Crippen molar-refractivity contribution in [3.05, 3.63) is 52.3 Å². The number of carbonyl (C=O) groups excluding carboxylic acids is 2. The zero-order valence-corrected chi connectivity index (χ0v) is 18.8. The van der Waals surface area contributed by atoms with Gasteiger partial charge >= 0.3 is 17.9 Å². The van der Waals surface area contributed by atoms with Gasteiger partial charge < -0.3 is 25.4 Å². The van der Waals surface area contributed by atoms with Crippen LogP contribution >= 0.6 is 0 Å². The number of carbonyl (C=O) groups is 3. The van der Waals surface area contributed by atoms with Crippen LogP contribution in [0.3, 0.4) is 0 Å². The highest BCUT2D eigenvalue weighted by Gasteiger charge is 2.21. The van der Waals surface area contributed by atoms with Crippen LogP contribution in [-0.4, -0.2) is 60.6 Å². The first-order valence-electron chi connectivity index (χ1n) is 9.68. The zero-order chi connectivity index (χ0) is 24.9. The molecule has 0 radical (unpaired) electrons. The Bertz CT molecular complexity index is 1200. The van der Waals surface area contributed by atoms with Crippen molar-refractivity contribution in [2.75, 3.05) is 7.11 Å². The van der Waals surface area contributed by atoms with Crippen molar-refractivity contribution in [2.24, 2.45) is 5.73 Å². The van der Waals surface area contributed by atoms with E-state index in [1.54, 1.807) is 6.07 Å². The Labute approximate surface area is 188 Å². The van der Waals surface area contributed by atoms with E-state index in [1.165, 1.54) is 0 Å². The van der Waals surface area contributed by atoms with E-state index < -0.39 is 29.1 Å². The third kappa shape index (κ3) is 6.23. The first-order valence-corrected chi connectivity index (χ1v) is 9.68. The van der Waals surface area contributed by atoms with Gasteiger partial charge in [-0.15, -0.1) is 0 Å². The molecule has 12 heteroatoms. The molecule has 0 spiro atoms. The van der Waals surface area contributed by atoms with Crippen LogP contribution < -0.4 is 5.73 Å². The number of aromatic hydroxyl groups is 1. The molecule has 1 aromatic carbocycles. The smallest absolute Gasteiger partial charge is 0.356 e. The Hall–Kier alpha value is -4.06. The Morgan fingerprint density at radius 1 is 1.15 bits per heavy atom. The average Bonchev–Trinajstić information content (AvgIpc) is 3.12. The minimum atomic E-state index is -1.35. The van der Waals surface area contributed by atoms with Gasteiger partial charge in [-0.3, -0.25) is 0 Å². The number of benzene rings is 1. The number of nitrogens with zero attached hydrogens (tertiary/aromatic N) is 4. The fourth-order valence-electron chi connectivity index (χ4n) is 2.64. The Morgan fingerprint density at radius 2 is 1.82 bits per heavy atom. The minimum absolute atomic E-state index is 0.192. The lowest BCUT2D eigenvalue weighted by Gasteiger charge is -2.20.